The third kappa shape index (κ3) is 4.37. The van der Waals surface area contributed by atoms with E-state index < -0.39 is 0 Å². The number of amides is 1. The second kappa shape index (κ2) is 8.90. The van der Waals surface area contributed by atoms with Crippen LogP contribution in [0.5, 0.6) is 0 Å². The van der Waals surface area contributed by atoms with Gasteiger partial charge in [0.15, 0.2) is 5.16 Å². The third-order valence-corrected chi connectivity index (χ3v) is 7.78. The Hall–Kier alpha value is -1.82. The first-order valence-electron chi connectivity index (χ1n) is 11.0. The Kier molecular flexibility index (Phi) is 6.28. The summed E-state index contributed by atoms with van der Waals surface area (Å²) in [5.41, 5.74) is 0.740. The highest BCUT2D eigenvalue weighted by Gasteiger charge is 2.31. The Labute approximate surface area is 176 Å². The minimum absolute atomic E-state index is 0.0280. The predicted molar refractivity (Wildman–Crippen MR) is 118 cm³/mol. The number of thioether (sulfide) groups is 1. The number of hydrogen-bond acceptors (Lipinski definition) is 4. The molecule has 1 N–H and O–H groups in total. The number of para-hydroxylation sites is 1. The van der Waals surface area contributed by atoms with Crippen molar-refractivity contribution in [2.75, 3.05) is 5.75 Å². The van der Waals surface area contributed by atoms with E-state index in [4.69, 9.17) is 4.98 Å². The molecule has 0 radical (unpaired) electrons. The van der Waals surface area contributed by atoms with Crippen LogP contribution in [-0.4, -0.2) is 27.3 Å². The second-order valence-corrected chi connectivity index (χ2v) is 9.70. The molecule has 1 amide bonds. The van der Waals surface area contributed by atoms with Crippen molar-refractivity contribution >= 4 is 28.6 Å². The summed E-state index contributed by atoms with van der Waals surface area (Å²) in [7, 11) is 0. The molecule has 1 aromatic carbocycles. The van der Waals surface area contributed by atoms with Crippen LogP contribution in [-0.2, 0) is 4.79 Å². The van der Waals surface area contributed by atoms with Gasteiger partial charge in [0.05, 0.1) is 16.7 Å². The number of hydrogen-bond donors (Lipinski definition) is 1. The molecule has 1 heterocycles. The fourth-order valence-electron chi connectivity index (χ4n) is 4.91. The van der Waals surface area contributed by atoms with Gasteiger partial charge in [-0.25, -0.2) is 4.98 Å². The highest BCUT2D eigenvalue weighted by molar-refractivity contribution is 7.99. The van der Waals surface area contributed by atoms with Crippen LogP contribution in [0.4, 0.5) is 0 Å². The Morgan fingerprint density at radius 2 is 1.90 bits per heavy atom. The van der Waals surface area contributed by atoms with Gasteiger partial charge in [0.2, 0.25) is 5.91 Å². The number of carbonyl (C=O) groups excluding carboxylic acids is 1. The normalized spacial score (nSPS) is 25.4. The summed E-state index contributed by atoms with van der Waals surface area (Å²) in [6.07, 6.45) is 7.87. The van der Waals surface area contributed by atoms with Crippen LogP contribution in [0.25, 0.3) is 10.9 Å². The monoisotopic (exact) mass is 413 g/mol. The smallest absolute Gasteiger partial charge is 0.262 e. The second-order valence-electron chi connectivity index (χ2n) is 8.76. The van der Waals surface area contributed by atoms with Gasteiger partial charge in [-0.2, -0.15) is 0 Å². The predicted octanol–water partition coefficient (Wildman–Crippen LogP) is 4.54. The lowest BCUT2D eigenvalue weighted by molar-refractivity contribution is -0.119. The summed E-state index contributed by atoms with van der Waals surface area (Å²) in [5, 5.41) is 4.49. The standard InChI is InChI=1S/C23H31N3O2S/c1-15-8-7-13-20(16(15)2)26-22(28)18-11-5-6-12-19(18)25-23(26)29-14-21(27)24-17-9-3-4-10-17/h5-6,11-12,15-17,20H,3-4,7-10,13-14H2,1-2H3,(H,24,27)/t15-,16-,20-/m1/s1. The Bertz CT molecular complexity index is 935. The topological polar surface area (TPSA) is 64.0 Å². The van der Waals surface area contributed by atoms with Crippen LogP contribution in [0, 0.1) is 11.8 Å². The van der Waals surface area contributed by atoms with Crippen LogP contribution in [0.1, 0.15) is 64.8 Å². The van der Waals surface area contributed by atoms with E-state index >= 15 is 0 Å². The SMILES string of the molecule is C[C@@H]1[C@H](C)CCC[C@H]1n1c(SCC(=O)NC2CCCC2)nc2ccccc2c1=O. The molecule has 0 saturated heterocycles. The first kappa shape index (κ1) is 20.5. The molecule has 5 nitrogen and oxygen atoms in total. The van der Waals surface area contributed by atoms with Gasteiger partial charge in [0.1, 0.15) is 0 Å². The van der Waals surface area contributed by atoms with E-state index in [2.05, 4.69) is 19.2 Å². The lowest BCUT2D eigenvalue weighted by atomic mass is 9.78. The van der Waals surface area contributed by atoms with Gasteiger partial charge in [-0.3, -0.25) is 14.2 Å². The maximum atomic E-state index is 13.4. The lowest BCUT2D eigenvalue weighted by Gasteiger charge is -2.36. The van der Waals surface area contributed by atoms with Gasteiger partial charge in [-0.15, -0.1) is 0 Å². The van der Waals surface area contributed by atoms with Crippen molar-refractivity contribution in [2.45, 2.75) is 76.0 Å². The molecule has 4 rings (SSSR count). The molecular formula is C23H31N3O2S. The molecule has 29 heavy (non-hydrogen) atoms. The van der Waals surface area contributed by atoms with Crippen molar-refractivity contribution in [1.29, 1.82) is 0 Å². The zero-order valence-electron chi connectivity index (χ0n) is 17.4. The fourth-order valence-corrected chi connectivity index (χ4v) is 5.77. The molecule has 1 aromatic heterocycles. The van der Waals surface area contributed by atoms with Crippen molar-refractivity contribution in [3.63, 3.8) is 0 Å². The van der Waals surface area contributed by atoms with Crippen molar-refractivity contribution < 1.29 is 4.79 Å². The molecule has 0 spiro atoms. The molecule has 0 bridgehead atoms. The number of fused-ring (bicyclic) bond motifs is 1. The van der Waals surface area contributed by atoms with E-state index in [1.165, 1.54) is 31.0 Å². The van der Waals surface area contributed by atoms with E-state index in [-0.39, 0.29) is 17.5 Å². The molecule has 0 unspecified atom stereocenters. The summed E-state index contributed by atoms with van der Waals surface area (Å²) in [4.78, 5) is 30.7. The molecule has 6 heteroatoms. The van der Waals surface area contributed by atoms with Crippen LogP contribution in [0.15, 0.2) is 34.2 Å². The highest BCUT2D eigenvalue weighted by Crippen LogP contribution is 2.38. The molecule has 0 aliphatic heterocycles. The molecular weight excluding hydrogens is 382 g/mol. The molecule has 156 valence electrons. The third-order valence-electron chi connectivity index (χ3n) is 6.82. The molecule has 2 aromatic rings. The number of carbonyl (C=O) groups is 1. The Morgan fingerprint density at radius 1 is 1.14 bits per heavy atom. The maximum absolute atomic E-state index is 13.4. The largest absolute Gasteiger partial charge is 0.353 e. The first-order valence-corrected chi connectivity index (χ1v) is 12.0. The quantitative estimate of drug-likeness (QED) is 0.577. The van der Waals surface area contributed by atoms with Crippen LogP contribution in [0.3, 0.4) is 0 Å². The van der Waals surface area contributed by atoms with Gasteiger partial charge in [-0.05, 0) is 43.2 Å². The van der Waals surface area contributed by atoms with E-state index in [0.717, 1.165) is 25.7 Å². The van der Waals surface area contributed by atoms with Gasteiger partial charge in [-0.1, -0.05) is 63.4 Å². The van der Waals surface area contributed by atoms with E-state index in [1.807, 2.05) is 28.8 Å². The van der Waals surface area contributed by atoms with E-state index in [9.17, 15) is 9.59 Å². The molecule has 2 aliphatic carbocycles. The molecule has 2 fully saturated rings. The van der Waals surface area contributed by atoms with E-state index in [1.54, 1.807) is 0 Å². The van der Waals surface area contributed by atoms with Gasteiger partial charge in [0, 0.05) is 12.1 Å². The zero-order chi connectivity index (χ0) is 20.4. The number of benzene rings is 1. The average Bonchev–Trinajstić information content (AvgIpc) is 3.22. The van der Waals surface area contributed by atoms with E-state index in [0.29, 0.717) is 39.7 Å². The summed E-state index contributed by atoms with van der Waals surface area (Å²) < 4.78 is 1.90. The first-order chi connectivity index (χ1) is 14.0. The lowest BCUT2D eigenvalue weighted by Crippen LogP contribution is -2.36. The number of rotatable bonds is 5. The zero-order valence-corrected chi connectivity index (χ0v) is 18.2. The summed E-state index contributed by atoms with van der Waals surface area (Å²) in [5.74, 6) is 1.34. The van der Waals surface area contributed by atoms with Crippen LogP contribution >= 0.6 is 11.8 Å². The number of nitrogens with one attached hydrogen (secondary N) is 1. The summed E-state index contributed by atoms with van der Waals surface area (Å²) in [6.45, 7) is 4.52. The minimum Gasteiger partial charge on any atom is -0.353 e. The van der Waals surface area contributed by atoms with Crippen molar-refractivity contribution in [3.05, 3.63) is 34.6 Å². The Morgan fingerprint density at radius 3 is 2.69 bits per heavy atom. The molecule has 2 aliphatic rings. The Balaban J connectivity index is 1.64. The van der Waals surface area contributed by atoms with Crippen molar-refractivity contribution in [3.8, 4) is 0 Å². The minimum atomic E-state index is 0.0280. The van der Waals surface area contributed by atoms with Gasteiger partial charge < -0.3 is 5.32 Å². The van der Waals surface area contributed by atoms with Crippen molar-refractivity contribution in [2.24, 2.45) is 11.8 Å². The summed E-state index contributed by atoms with van der Waals surface area (Å²) in [6, 6.07) is 8.00. The fraction of sp³-hybridized carbons (Fsp3) is 0.609. The van der Waals surface area contributed by atoms with Gasteiger partial charge >= 0.3 is 0 Å². The molecule has 2 saturated carbocycles. The highest BCUT2D eigenvalue weighted by atomic mass is 32.2. The van der Waals surface area contributed by atoms with Crippen LogP contribution < -0.4 is 10.9 Å². The average molecular weight is 414 g/mol. The maximum Gasteiger partial charge on any atom is 0.262 e. The van der Waals surface area contributed by atoms with Crippen LogP contribution in [0.2, 0.25) is 0 Å². The summed E-state index contributed by atoms with van der Waals surface area (Å²) >= 11 is 1.40. The molecule has 3 atom stereocenters. The number of nitrogens with zero attached hydrogens (tertiary/aromatic N) is 2. The number of aromatic nitrogens is 2. The van der Waals surface area contributed by atoms with Gasteiger partial charge in [0.25, 0.3) is 5.56 Å². The van der Waals surface area contributed by atoms with Crippen molar-refractivity contribution in [1.82, 2.24) is 14.9 Å².